The van der Waals surface area contributed by atoms with Gasteiger partial charge in [-0.1, -0.05) is 58.4 Å². The van der Waals surface area contributed by atoms with Crippen molar-refractivity contribution in [3.63, 3.8) is 0 Å². The third-order valence-corrected chi connectivity index (χ3v) is 6.09. The van der Waals surface area contributed by atoms with Crippen molar-refractivity contribution in [2.45, 2.75) is 25.0 Å². The fourth-order valence-corrected chi connectivity index (χ4v) is 4.91. The molecule has 2 aliphatic rings. The number of piperidine rings is 1. The van der Waals surface area contributed by atoms with Gasteiger partial charge in [0.25, 0.3) is 0 Å². The molecule has 0 spiro atoms. The minimum absolute atomic E-state index is 0.333. The molecular formula is C20H22BrNO. The van der Waals surface area contributed by atoms with E-state index in [0.717, 1.165) is 42.5 Å². The molecule has 1 aliphatic heterocycles. The summed E-state index contributed by atoms with van der Waals surface area (Å²) in [5.74, 6) is 0.665. The molecule has 3 heteroatoms. The molecule has 2 aromatic rings. The quantitative estimate of drug-likeness (QED) is 0.874. The van der Waals surface area contributed by atoms with Gasteiger partial charge in [0.15, 0.2) is 0 Å². The molecule has 0 radical (unpaired) electrons. The highest BCUT2D eigenvalue weighted by Gasteiger charge is 2.53. The number of nitrogens with zero attached hydrogens (tertiary/aromatic N) is 1. The minimum atomic E-state index is -0.656. The van der Waals surface area contributed by atoms with Crippen molar-refractivity contribution in [1.29, 1.82) is 0 Å². The smallest absolute Gasteiger partial charge is 0.0977 e. The van der Waals surface area contributed by atoms with Crippen LogP contribution in [0.15, 0.2) is 59.1 Å². The molecule has 1 saturated heterocycles. The Balaban J connectivity index is 1.56. The lowest BCUT2D eigenvalue weighted by atomic mass is 9.75. The van der Waals surface area contributed by atoms with Crippen molar-refractivity contribution in [3.8, 4) is 0 Å². The van der Waals surface area contributed by atoms with E-state index in [9.17, 15) is 5.11 Å². The highest BCUT2D eigenvalue weighted by Crippen LogP contribution is 2.51. The van der Waals surface area contributed by atoms with Crippen molar-refractivity contribution in [3.05, 3.63) is 70.2 Å². The zero-order chi connectivity index (χ0) is 15.9. The first kappa shape index (κ1) is 15.4. The second kappa shape index (κ2) is 6.04. The molecule has 1 saturated carbocycles. The molecule has 23 heavy (non-hydrogen) atoms. The summed E-state index contributed by atoms with van der Waals surface area (Å²) in [5, 5.41) is 11.5. The van der Waals surface area contributed by atoms with Gasteiger partial charge in [-0.2, -0.15) is 0 Å². The van der Waals surface area contributed by atoms with E-state index in [1.54, 1.807) is 0 Å². The molecule has 120 valence electrons. The lowest BCUT2D eigenvalue weighted by Gasteiger charge is -2.45. The Labute approximate surface area is 146 Å². The van der Waals surface area contributed by atoms with Crippen LogP contribution in [-0.4, -0.2) is 23.1 Å². The van der Waals surface area contributed by atoms with E-state index in [4.69, 9.17) is 0 Å². The predicted octanol–water partition coefficient (Wildman–Crippen LogP) is 4.18. The van der Waals surface area contributed by atoms with Gasteiger partial charge < -0.3 is 5.11 Å². The van der Waals surface area contributed by atoms with Crippen LogP contribution < -0.4 is 0 Å². The third-order valence-electron chi connectivity index (χ3n) is 5.60. The predicted molar refractivity (Wildman–Crippen MR) is 96.0 cm³/mol. The van der Waals surface area contributed by atoms with Crippen LogP contribution in [0.25, 0.3) is 0 Å². The average molecular weight is 372 g/mol. The largest absolute Gasteiger partial charge is 0.384 e. The second-order valence-corrected chi connectivity index (χ2v) is 7.90. The van der Waals surface area contributed by atoms with Crippen LogP contribution in [0.3, 0.4) is 0 Å². The normalized spacial score (nSPS) is 30.5. The number of rotatable bonds is 3. The van der Waals surface area contributed by atoms with Crippen LogP contribution >= 0.6 is 15.9 Å². The molecular weight excluding hydrogens is 350 g/mol. The van der Waals surface area contributed by atoms with E-state index in [0.29, 0.717) is 11.8 Å². The van der Waals surface area contributed by atoms with Crippen molar-refractivity contribution in [2.24, 2.45) is 11.8 Å². The Kier molecular flexibility index (Phi) is 4.04. The van der Waals surface area contributed by atoms with Gasteiger partial charge in [0.1, 0.15) is 0 Å². The summed E-state index contributed by atoms with van der Waals surface area (Å²) < 4.78 is 1.05. The Bertz CT molecular complexity index is 673. The first-order chi connectivity index (χ1) is 11.2. The topological polar surface area (TPSA) is 23.5 Å². The summed E-state index contributed by atoms with van der Waals surface area (Å²) in [5.41, 5.74) is 1.79. The third kappa shape index (κ3) is 2.75. The molecule has 1 heterocycles. The van der Waals surface area contributed by atoms with Gasteiger partial charge in [0.05, 0.1) is 5.60 Å². The molecule has 4 rings (SSSR count). The highest BCUT2D eigenvalue weighted by molar-refractivity contribution is 9.10. The number of fused-ring (bicyclic) bond motifs is 2. The Hall–Kier alpha value is -1.16. The van der Waals surface area contributed by atoms with Gasteiger partial charge in [0, 0.05) is 35.9 Å². The maximum Gasteiger partial charge on any atom is 0.0977 e. The number of hydrogen-bond acceptors (Lipinski definition) is 2. The Morgan fingerprint density at radius 2 is 1.70 bits per heavy atom. The van der Waals surface area contributed by atoms with E-state index in [1.165, 1.54) is 5.56 Å². The lowest BCUT2D eigenvalue weighted by molar-refractivity contribution is -0.0915. The van der Waals surface area contributed by atoms with Crippen LogP contribution in [0.5, 0.6) is 0 Å². The monoisotopic (exact) mass is 371 g/mol. The van der Waals surface area contributed by atoms with Gasteiger partial charge in [-0.15, -0.1) is 0 Å². The van der Waals surface area contributed by atoms with Gasteiger partial charge in [-0.3, -0.25) is 4.90 Å². The number of aliphatic hydroxyl groups is 1. The van der Waals surface area contributed by atoms with Crippen LogP contribution in [0.1, 0.15) is 24.0 Å². The van der Waals surface area contributed by atoms with Crippen LogP contribution in [0, 0.1) is 11.8 Å². The summed E-state index contributed by atoms with van der Waals surface area (Å²) in [6, 6.07) is 18.9. The number of benzene rings is 2. The lowest BCUT2D eigenvalue weighted by Crippen LogP contribution is -2.51. The average Bonchev–Trinajstić information content (AvgIpc) is 2.74. The Morgan fingerprint density at radius 3 is 2.35 bits per heavy atom. The van der Waals surface area contributed by atoms with E-state index in [2.05, 4.69) is 63.3 Å². The number of hydrogen-bond donors (Lipinski definition) is 1. The maximum absolute atomic E-state index is 11.5. The van der Waals surface area contributed by atoms with Gasteiger partial charge in [-0.05, 0) is 36.1 Å². The van der Waals surface area contributed by atoms with Crippen molar-refractivity contribution < 1.29 is 5.11 Å². The molecule has 1 N–H and O–H groups in total. The fraction of sp³-hybridized carbons (Fsp3) is 0.400. The molecule has 2 nitrogen and oxygen atoms in total. The molecule has 2 bridgehead atoms. The molecule has 1 aliphatic carbocycles. The standard InChI is InChI=1S/C20H22BrNO/c21-19-8-4-7-16(11-19)20(23)17-9-10-18(20)14-22(13-17)12-15-5-2-1-3-6-15/h1-8,11,17-18,23H,9-10,12-14H2. The van der Waals surface area contributed by atoms with Gasteiger partial charge in [0.2, 0.25) is 0 Å². The number of likely N-dealkylation sites (tertiary alicyclic amines) is 1. The van der Waals surface area contributed by atoms with E-state index < -0.39 is 5.60 Å². The van der Waals surface area contributed by atoms with Crippen molar-refractivity contribution in [1.82, 2.24) is 4.90 Å². The maximum atomic E-state index is 11.5. The first-order valence-electron chi connectivity index (χ1n) is 8.41. The summed E-state index contributed by atoms with van der Waals surface area (Å²) in [6.07, 6.45) is 2.25. The number of halogens is 1. The Morgan fingerprint density at radius 1 is 1.00 bits per heavy atom. The molecule has 2 unspecified atom stereocenters. The molecule has 2 aromatic carbocycles. The molecule has 0 aromatic heterocycles. The van der Waals surface area contributed by atoms with Crippen LogP contribution in [-0.2, 0) is 12.1 Å². The second-order valence-electron chi connectivity index (χ2n) is 6.99. The molecule has 0 amide bonds. The van der Waals surface area contributed by atoms with Gasteiger partial charge >= 0.3 is 0 Å². The first-order valence-corrected chi connectivity index (χ1v) is 9.20. The van der Waals surface area contributed by atoms with Gasteiger partial charge in [-0.25, -0.2) is 0 Å². The van der Waals surface area contributed by atoms with Crippen LogP contribution in [0.2, 0.25) is 0 Å². The SMILES string of the molecule is OC1(c2cccc(Br)c2)C2CCC1CN(Cc1ccccc1)C2. The van der Waals surface area contributed by atoms with E-state index >= 15 is 0 Å². The van der Waals surface area contributed by atoms with Crippen molar-refractivity contribution >= 4 is 15.9 Å². The summed E-state index contributed by atoms with van der Waals surface area (Å²) in [4.78, 5) is 2.52. The highest BCUT2D eigenvalue weighted by atomic mass is 79.9. The fourth-order valence-electron chi connectivity index (χ4n) is 4.51. The zero-order valence-electron chi connectivity index (χ0n) is 13.2. The van der Waals surface area contributed by atoms with Crippen LogP contribution in [0.4, 0.5) is 0 Å². The summed E-state index contributed by atoms with van der Waals surface area (Å²) in [7, 11) is 0. The van der Waals surface area contributed by atoms with E-state index in [1.807, 2.05) is 12.1 Å². The zero-order valence-corrected chi connectivity index (χ0v) is 14.7. The molecule has 2 fully saturated rings. The van der Waals surface area contributed by atoms with Crippen molar-refractivity contribution in [2.75, 3.05) is 13.1 Å². The summed E-state index contributed by atoms with van der Waals surface area (Å²) >= 11 is 3.55. The minimum Gasteiger partial charge on any atom is -0.384 e. The van der Waals surface area contributed by atoms with E-state index in [-0.39, 0.29) is 0 Å². The molecule has 2 atom stereocenters. The summed E-state index contributed by atoms with van der Waals surface area (Å²) in [6.45, 7) is 2.95.